The molecule has 4 fully saturated rings. The Labute approximate surface area is 244 Å². The van der Waals surface area contributed by atoms with E-state index in [1.54, 1.807) is 5.57 Å². The summed E-state index contributed by atoms with van der Waals surface area (Å²) in [6.07, 6.45) is 17.4. The number of benzene rings is 1. The van der Waals surface area contributed by atoms with Crippen LogP contribution in [0.5, 0.6) is 0 Å². The van der Waals surface area contributed by atoms with Crippen molar-refractivity contribution in [2.75, 3.05) is 18.0 Å². The molecule has 1 aliphatic heterocycles. The van der Waals surface area contributed by atoms with Gasteiger partial charge in [-0.25, -0.2) is 0 Å². The number of anilines is 1. The molecule has 1 aromatic rings. The van der Waals surface area contributed by atoms with Gasteiger partial charge in [0.25, 0.3) is 0 Å². The minimum atomic E-state index is -0.633. The summed E-state index contributed by atoms with van der Waals surface area (Å²) in [5.74, 6) is 1.36. The summed E-state index contributed by atoms with van der Waals surface area (Å²) in [6, 6.07) is 4.68. The van der Waals surface area contributed by atoms with E-state index in [9.17, 15) is 0 Å². The van der Waals surface area contributed by atoms with Crippen LogP contribution >= 0.6 is 31.1 Å². The molecule has 0 bridgehead atoms. The minimum Gasteiger partial charge on any atom is -0.370 e. The van der Waals surface area contributed by atoms with Crippen LogP contribution in [0.1, 0.15) is 100 Å². The van der Waals surface area contributed by atoms with Gasteiger partial charge in [0.1, 0.15) is 10.2 Å². The zero-order chi connectivity index (χ0) is 24.6. The van der Waals surface area contributed by atoms with Crippen LogP contribution < -0.4 is 10.2 Å². The van der Waals surface area contributed by atoms with Crippen molar-refractivity contribution in [3.05, 3.63) is 40.2 Å². The molecule has 0 spiro atoms. The molecular weight excluding hydrogens is 591 g/mol. The Hall–Kier alpha value is 0.193. The second-order valence-electron chi connectivity index (χ2n) is 11.8. The number of alkyl halides is 2. The normalized spacial score (nSPS) is 27.7. The van der Waals surface area contributed by atoms with E-state index in [-0.39, 0.29) is 27.4 Å². The Balaban J connectivity index is 0.00000304. The third-order valence-electron chi connectivity index (χ3n) is 9.09. The number of nitrogens with zero attached hydrogens (tertiary/aromatic N) is 1. The second kappa shape index (κ2) is 12.6. The summed E-state index contributed by atoms with van der Waals surface area (Å²) in [7, 11) is -0.0623. The Bertz CT molecular complexity index is 896. The largest absolute Gasteiger partial charge is 0.370 e. The Morgan fingerprint density at radius 2 is 1.42 bits per heavy atom. The number of hydrogen-bond acceptors (Lipinski definition) is 2. The number of aryl methyl sites for hydroxylation is 3. The van der Waals surface area contributed by atoms with Gasteiger partial charge in [-0.1, -0.05) is 64.1 Å². The molecule has 3 aliphatic carbocycles. The van der Waals surface area contributed by atoms with Crippen LogP contribution in [0.4, 0.5) is 5.69 Å². The van der Waals surface area contributed by atoms with Crippen molar-refractivity contribution in [3.63, 3.8) is 0 Å². The van der Waals surface area contributed by atoms with E-state index < -0.39 is 4.33 Å². The molecule has 0 amide bonds. The van der Waals surface area contributed by atoms with Gasteiger partial charge in [-0.05, 0) is 87.3 Å². The molecule has 5 rings (SSSR count). The van der Waals surface area contributed by atoms with Crippen LogP contribution in [0.3, 0.4) is 0 Å². The van der Waals surface area contributed by atoms with Gasteiger partial charge in [0.2, 0.25) is 0 Å². The van der Waals surface area contributed by atoms with E-state index in [4.69, 9.17) is 23.2 Å². The first-order chi connectivity index (χ1) is 16.8. The van der Waals surface area contributed by atoms with Crippen LogP contribution in [-0.4, -0.2) is 34.4 Å². The molecule has 2 nitrogen and oxygen atoms in total. The Kier molecular flexibility index (Phi) is 10.2. The number of nitrogens with one attached hydrogen (secondary N) is 1. The third-order valence-corrected chi connectivity index (χ3v) is 13.7. The fourth-order valence-electron chi connectivity index (χ4n) is 7.74. The first-order valence-corrected chi connectivity index (χ1v) is 16.6. The average molecular weight is 637 g/mol. The molecule has 1 atom stereocenters. The number of hydrogen-bond donors (Lipinski definition) is 1. The summed E-state index contributed by atoms with van der Waals surface area (Å²) < 4.78 is -0.633. The molecule has 6 heteroatoms. The second-order valence-corrected chi connectivity index (χ2v) is 16.4. The first kappa shape index (κ1) is 29.2. The number of allylic oxidation sites excluding steroid dienone is 1. The molecule has 1 aromatic carbocycles. The van der Waals surface area contributed by atoms with Crippen molar-refractivity contribution >= 4 is 36.8 Å². The molecule has 0 radical (unpaired) electrons. The maximum Gasteiger partial charge on any atom is 0.122 e. The number of halogens is 2. The van der Waals surface area contributed by atoms with E-state index in [0.717, 1.165) is 37.2 Å². The third kappa shape index (κ3) is 6.32. The van der Waals surface area contributed by atoms with E-state index in [1.165, 1.54) is 98.8 Å². The SMILES string of the molecule is Cc1cc(C)c(N2CCNC2=C2CC(Cl)(Cl)CCC2P(C2CCCCC2)C2CCCCC2)c(C)c1.[Ru]. The van der Waals surface area contributed by atoms with Crippen LogP contribution in [0, 0.1) is 20.8 Å². The summed E-state index contributed by atoms with van der Waals surface area (Å²) in [6.45, 7) is 8.79. The van der Waals surface area contributed by atoms with E-state index >= 15 is 0 Å². The maximum absolute atomic E-state index is 6.96. The van der Waals surface area contributed by atoms with E-state index in [2.05, 4.69) is 43.1 Å². The zero-order valence-electron chi connectivity index (χ0n) is 22.5. The predicted octanol–water partition coefficient (Wildman–Crippen LogP) is 9.10. The standard InChI is InChI=1S/C30H45Cl2N2P.Ru/c1-21-18-22(2)28(23(3)19-21)34-17-16-33-29(34)26-20-30(31,32)15-14-27(26)35(24-10-6-4-7-11-24)25-12-8-5-9-13-25;/h18-19,24-25,27,33H,4-17,20H2,1-3H3;. The molecule has 1 heterocycles. The quantitative estimate of drug-likeness (QED) is 0.202. The molecule has 3 saturated carbocycles. The number of rotatable bonds is 4. The summed E-state index contributed by atoms with van der Waals surface area (Å²) >= 11 is 13.9. The Morgan fingerprint density at radius 3 is 1.97 bits per heavy atom. The van der Waals surface area contributed by atoms with Crippen molar-refractivity contribution in [3.8, 4) is 0 Å². The van der Waals surface area contributed by atoms with Gasteiger partial charge in [0, 0.05) is 50.3 Å². The van der Waals surface area contributed by atoms with Gasteiger partial charge < -0.3 is 10.2 Å². The zero-order valence-corrected chi connectivity index (χ0v) is 26.6. The predicted molar refractivity (Wildman–Crippen MR) is 156 cm³/mol. The van der Waals surface area contributed by atoms with Gasteiger partial charge in [-0.15, -0.1) is 23.2 Å². The summed E-state index contributed by atoms with van der Waals surface area (Å²) in [4.78, 5) is 2.59. The van der Waals surface area contributed by atoms with Crippen molar-refractivity contribution in [2.45, 2.75) is 126 Å². The smallest absolute Gasteiger partial charge is 0.122 e. The van der Waals surface area contributed by atoms with E-state index in [0.29, 0.717) is 5.66 Å². The topological polar surface area (TPSA) is 15.3 Å². The van der Waals surface area contributed by atoms with Gasteiger partial charge in [0.15, 0.2) is 0 Å². The van der Waals surface area contributed by atoms with Gasteiger partial charge in [-0.3, -0.25) is 0 Å². The van der Waals surface area contributed by atoms with Gasteiger partial charge >= 0.3 is 0 Å². The summed E-state index contributed by atoms with van der Waals surface area (Å²) in [5.41, 5.74) is 9.62. The monoisotopic (exact) mass is 636 g/mol. The van der Waals surface area contributed by atoms with E-state index in [1.807, 2.05) is 0 Å². The van der Waals surface area contributed by atoms with Crippen molar-refractivity contribution in [1.29, 1.82) is 0 Å². The molecule has 1 saturated heterocycles. The van der Waals surface area contributed by atoms with Crippen molar-refractivity contribution in [1.82, 2.24) is 5.32 Å². The summed E-state index contributed by atoms with van der Waals surface area (Å²) in [5, 5.41) is 3.87. The molecule has 36 heavy (non-hydrogen) atoms. The molecule has 0 aromatic heterocycles. The van der Waals surface area contributed by atoms with Crippen LogP contribution in [-0.2, 0) is 19.5 Å². The fraction of sp³-hybridized carbons (Fsp3) is 0.733. The van der Waals surface area contributed by atoms with Crippen LogP contribution in [0.15, 0.2) is 23.5 Å². The van der Waals surface area contributed by atoms with Crippen LogP contribution in [0.2, 0.25) is 0 Å². The molecule has 1 N–H and O–H groups in total. The molecule has 202 valence electrons. The Morgan fingerprint density at radius 1 is 0.861 bits per heavy atom. The fourth-order valence-corrected chi connectivity index (χ4v) is 12.8. The van der Waals surface area contributed by atoms with Crippen molar-refractivity contribution in [2.24, 2.45) is 0 Å². The van der Waals surface area contributed by atoms with Gasteiger partial charge in [0.05, 0.1) is 0 Å². The van der Waals surface area contributed by atoms with Crippen molar-refractivity contribution < 1.29 is 19.5 Å². The van der Waals surface area contributed by atoms with Gasteiger partial charge in [-0.2, -0.15) is 0 Å². The maximum atomic E-state index is 6.96. The van der Waals surface area contributed by atoms with Crippen LogP contribution in [0.25, 0.3) is 0 Å². The molecule has 4 aliphatic rings. The first-order valence-electron chi connectivity index (χ1n) is 14.3. The minimum absolute atomic E-state index is 0. The molecular formula is C30H45Cl2N2PRu. The average Bonchev–Trinajstić information content (AvgIpc) is 3.30. The molecule has 1 unspecified atom stereocenters.